The maximum atomic E-state index is 9.97. The van der Waals surface area contributed by atoms with Crippen LogP contribution in [0.15, 0.2) is 24.3 Å². The summed E-state index contributed by atoms with van der Waals surface area (Å²) in [5, 5.41) is 19.6. The van der Waals surface area contributed by atoms with Gasteiger partial charge in [0.05, 0.1) is 12.7 Å². The van der Waals surface area contributed by atoms with Crippen LogP contribution in [0, 0.1) is 0 Å². The quantitative estimate of drug-likeness (QED) is 0.709. The Morgan fingerprint density at radius 3 is 2.53 bits per heavy atom. The third-order valence-electron chi connectivity index (χ3n) is 2.57. The highest BCUT2D eigenvalue weighted by atomic mass is 16.5. The van der Waals surface area contributed by atoms with E-state index < -0.39 is 12.2 Å². The number of rotatable bonds is 7. The molecule has 0 amide bonds. The molecule has 2 unspecified atom stereocenters. The fourth-order valence-electron chi connectivity index (χ4n) is 1.52. The molecule has 0 aliphatic heterocycles. The zero-order valence-electron chi connectivity index (χ0n) is 10.3. The zero-order chi connectivity index (χ0) is 12.7. The van der Waals surface area contributed by atoms with Crippen LogP contribution in [0.25, 0.3) is 0 Å². The fraction of sp³-hybridized carbons (Fsp3) is 0.538. The molecule has 0 radical (unpaired) electrons. The fourth-order valence-corrected chi connectivity index (χ4v) is 1.52. The highest BCUT2D eigenvalue weighted by molar-refractivity contribution is 5.35. The summed E-state index contributed by atoms with van der Waals surface area (Å²) in [6, 6.07) is 7.17. The van der Waals surface area contributed by atoms with E-state index in [4.69, 9.17) is 9.47 Å². The van der Waals surface area contributed by atoms with Crippen LogP contribution in [0.4, 0.5) is 0 Å². The molecule has 0 saturated heterocycles. The van der Waals surface area contributed by atoms with Crippen molar-refractivity contribution >= 4 is 0 Å². The van der Waals surface area contributed by atoms with Crippen LogP contribution in [0.2, 0.25) is 0 Å². The van der Waals surface area contributed by atoms with E-state index in [1.54, 1.807) is 19.2 Å². The number of methoxy groups -OCH3 is 1. The lowest BCUT2D eigenvalue weighted by atomic mass is 10.0. The van der Waals surface area contributed by atoms with Crippen molar-refractivity contribution in [3.63, 3.8) is 0 Å². The van der Waals surface area contributed by atoms with Crippen molar-refractivity contribution < 1.29 is 19.7 Å². The molecule has 0 fully saturated rings. The molecule has 2 atom stereocenters. The van der Waals surface area contributed by atoms with Crippen LogP contribution in [0.3, 0.4) is 0 Å². The predicted molar refractivity (Wildman–Crippen MR) is 65.1 cm³/mol. The minimum atomic E-state index is -0.918. The second kappa shape index (κ2) is 7.27. The number of benzene rings is 1. The lowest BCUT2D eigenvalue weighted by Gasteiger charge is -2.19. The van der Waals surface area contributed by atoms with Crippen molar-refractivity contribution in [2.75, 3.05) is 20.3 Å². The Morgan fingerprint density at radius 1 is 1.18 bits per heavy atom. The maximum Gasteiger partial charge on any atom is 0.125 e. The average molecular weight is 240 g/mol. The van der Waals surface area contributed by atoms with E-state index in [-0.39, 0.29) is 0 Å². The molecule has 4 nitrogen and oxygen atoms in total. The van der Waals surface area contributed by atoms with Gasteiger partial charge in [-0.3, -0.25) is 0 Å². The monoisotopic (exact) mass is 240 g/mol. The standard InChI is InChI=1S/C13H20O4/c1-3-11(14)13(15)10-6-4-5-7-12(10)17-9-8-16-2/h4-7,11,13-15H,3,8-9H2,1-2H3. The van der Waals surface area contributed by atoms with Crippen LogP contribution >= 0.6 is 0 Å². The van der Waals surface area contributed by atoms with Crippen LogP contribution in [0.5, 0.6) is 5.75 Å². The molecule has 0 bridgehead atoms. The molecule has 0 aliphatic carbocycles. The van der Waals surface area contributed by atoms with Crippen LogP contribution in [0.1, 0.15) is 25.0 Å². The molecule has 17 heavy (non-hydrogen) atoms. The van der Waals surface area contributed by atoms with Gasteiger partial charge in [-0.05, 0) is 12.5 Å². The molecule has 2 N–H and O–H groups in total. The van der Waals surface area contributed by atoms with Gasteiger partial charge in [0, 0.05) is 12.7 Å². The molecule has 96 valence electrons. The Hall–Kier alpha value is -1.10. The van der Waals surface area contributed by atoms with Crippen molar-refractivity contribution in [1.29, 1.82) is 0 Å². The first-order chi connectivity index (χ1) is 8.20. The molecule has 1 aromatic carbocycles. The SMILES string of the molecule is CCC(O)C(O)c1ccccc1OCCOC. The Morgan fingerprint density at radius 2 is 1.88 bits per heavy atom. The first-order valence-electron chi connectivity index (χ1n) is 5.77. The summed E-state index contributed by atoms with van der Waals surface area (Å²) in [5.74, 6) is 0.588. The number of aliphatic hydroxyl groups excluding tert-OH is 2. The number of hydrogen-bond acceptors (Lipinski definition) is 4. The van der Waals surface area contributed by atoms with Gasteiger partial charge in [-0.2, -0.15) is 0 Å². The van der Waals surface area contributed by atoms with Crippen LogP contribution in [-0.2, 0) is 4.74 Å². The number of hydrogen-bond donors (Lipinski definition) is 2. The largest absolute Gasteiger partial charge is 0.491 e. The van der Waals surface area contributed by atoms with Crippen LogP contribution in [-0.4, -0.2) is 36.6 Å². The summed E-state index contributed by atoms with van der Waals surface area (Å²) in [6.07, 6.45) is -1.20. The summed E-state index contributed by atoms with van der Waals surface area (Å²) in [6.45, 7) is 2.73. The number of ether oxygens (including phenoxy) is 2. The van der Waals surface area contributed by atoms with Crippen molar-refractivity contribution in [3.8, 4) is 5.75 Å². The normalized spacial score (nSPS) is 14.4. The highest BCUT2D eigenvalue weighted by Gasteiger charge is 2.19. The summed E-state index contributed by atoms with van der Waals surface area (Å²) >= 11 is 0. The van der Waals surface area contributed by atoms with Crippen molar-refractivity contribution in [3.05, 3.63) is 29.8 Å². The Bertz CT molecular complexity index is 327. The van der Waals surface area contributed by atoms with E-state index in [9.17, 15) is 10.2 Å². The lowest BCUT2D eigenvalue weighted by Crippen LogP contribution is -2.18. The Balaban J connectivity index is 2.76. The minimum Gasteiger partial charge on any atom is -0.491 e. The van der Waals surface area contributed by atoms with E-state index in [1.807, 2.05) is 19.1 Å². The van der Waals surface area contributed by atoms with Gasteiger partial charge < -0.3 is 19.7 Å². The Kier molecular flexibility index (Phi) is 5.97. The van der Waals surface area contributed by atoms with Gasteiger partial charge in [0.25, 0.3) is 0 Å². The Labute approximate surface area is 102 Å². The van der Waals surface area contributed by atoms with Gasteiger partial charge in [-0.1, -0.05) is 25.1 Å². The smallest absolute Gasteiger partial charge is 0.125 e. The molecule has 0 spiro atoms. The highest BCUT2D eigenvalue weighted by Crippen LogP contribution is 2.28. The van der Waals surface area contributed by atoms with Gasteiger partial charge in [-0.25, -0.2) is 0 Å². The zero-order valence-corrected chi connectivity index (χ0v) is 10.3. The van der Waals surface area contributed by atoms with Crippen molar-refractivity contribution in [2.45, 2.75) is 25.6 Å². The molecule has 0 saturated carbocycles. The van der Waals surface area contributed by atoms with Gasteiger partial charge in [0.1, 0.15) is 18.5 Å². The van der Waals surface area contributed by atoms with E-state index in [0.29, 0.717) is 30.9 Å². The van der Waals surface area contributed by atoms with Gasteiger partial charge in [-0.15, -0.1) is 0 Å². The summed E-state index contributed by atoms with van der Waals surface area (Å²) in [5.41, 5.74) is 0.609. The number of aliphatic hydroxyl groups is 2. The van der Waals surface area contributed by atoms with Gasteiger partial charge >= 0.3 is 0 Å². The second-order valence-electron chi connectivity index (χ2n) is 3.80. The summed E-state index contributed by atoms with van der Waals surface area (Å²) in [4.78, 5) is 0. The van der Waals surface area contributed by atoms with E-state index in [1.165, 1.54) is 0 Å². The lowest BCUT2D eigenvalue weighted by molar-refractivity contribution is 0.0144. The molecule has 1 aromatic rings. The molecule has 4 heteroatoms. The van der Waals surface area contributed by atoms with Gasteiger partial charge in [0.2, 0.25) is 0 Å². The topological polar surface area (TPSA) is 58.9 Å². The van der Waals surface area contributed by atoms with E-state index in [2.05, 4.69) is 0 Å². The first-order valence-corrected chi connectivity index (χ1v) is 5.77. The third kappa shape index (κ3) is 4.00. The average Bonchev–Trinajstić information content (AvgIpc) is 2.38. The third-order valence-corrected chi connectivity index (χ3v) is 2.57. The maximum absolute atomic E-state index is 9.97. The first kappa shape index (κ1) is 14.0. The van der Waals surface area contributed by atoms with E-state index >= 15 is 0 Å². The molecule has 0 aliphatic rings. The minimum absolute atomic E-state index is 0.419. The number of para-hydroxylation sites is 1. The van der Waals surface area contributed by atoms with Crippen molar-refractivity contribution in [1.82, 2.24) is 0 Å². The molecule has 0 heterocycles. The predicted octanol–water partition coefficient (Wildman–Crippen LogP) is 1.52. The van der Waals surface area contributed by atoms with E-state index in [0.717, 1.165) is 0 Å². The molecule has 1 rings (SSSR count). The van der Waals surface area contributed by atoms with Crippen molar-refractivity contribution in [2.24, 2.45) is 0 Å². The van der Waals surface area contributed by atoms with Gasteiger partial charge in [0.15, 0.2) is 0 Å². The second-order valence-corrected chi connectivity index (χ2v) is 3.80. The summed E-state index contributed by atoms with van der Waals surface area (Å²) in [7, 11) is 1.60. The summed E-state index contributed by atoms with van der Waals surface area (Å²) < 4.78 is 10.4. The molecular weight excluding hydrogens is 220 g/mol. The van der Waals surface area contributed by atoms with Crippen LogP contribution < -0.4 is 4.74 Å². The molecular formula is C13H20O4. The molecule has 0 aromatic heterocycles.